The first-order valence-corrected chi connectivity index (χ1v) is 3.38. The highest BCUT2D eigenvalue weighted by molar-refractivity contribution is 6.30. The molecule has 0 fully saturated rings. The van der Waals surface area contributed by atoms with E-state index in [0.717, 1.165) is 0 Å². The Labute approximate surface area is 67.0 Å². The summed E-state index contributed by atoms with van der Waals surface area (Å²) < 4.78 is 12.4. The topological polar surface area (TPSA) is 25.8 Å². The first-order chi connectivity index (χ1) is 4.74. The van der Waals surface area contributed by atoms with Crippen LogP contribution in [0.4, 0.5) is 4.39 Å². The molecule has 5 heteroatoms. The Bertz CT molecular complexity index is 241. The number of hydrogen-bond acceptors (Lipinski definition) is 2. The van der Waals surface area contributed by atoms with Gasteiger partial charge in [0, 0.05) is 0 Å². The monoisotopic (exact) mass is 180 g/mol. The minimum atomic E-state index is -0.729. The second kappa shape index (κ2) is 3.12. The van der Waals surface area contributed by atoms with E-state index in [9.17, 15) is 4.39 Å². The maximum Gasteiger partial charge on any atom is 0.235 e. The predicted molar refractivity (Wildman–Crippen MR) is 36.6 cm³/mol. The van der Waals surface area contributed by atoms with E-state index in [-0.39, 0.29) is 16.7 Å². The third-order valence-corrected chi connectivity index (χ3v) is 1.36. The summed E-state index contributed by atoms with van der Waals surface area (Å²) in [7, 11) is 0. The van der Waals surface area contributed by atoms with Crippen LogP contribution in [0.15, 0.2) is 6.20 Å². The lowest BCUT2D eigenvalue weighted by molar-refractivity contribution is 0.574. The highest BCUT2D eigenvalue weighted by atomic mass is 35.5. The molecule has 0 N–H and O–H groups in total. The van der Waals surface area contributed by atoms with E-state index >= 15 is 0 Å². The lowest BCUT2D eigenvalue weighted by Crippen LogP contribution is -1.94. The number of aromatic nitrogens is 2. The van der Waals surface area contributed by atoms with Crippen LogP contribution < -0.4 is 0 Å². The maximum absolute atomic E-state index is 12.4. The predicted octanol–water partition coefficient (Wildman–Crippen LogP) is 2.01. The molecule has 0 aliphatic carbocycles. The van der Waals surface area contributed by atoms with Crippen LogP contribution in [-0.2, 0) is 5.88 Å². The van der Waals surface area contributed by atoms with Gasteiger partial charge in [-0.05, 0) is 0 Å². The second-order valence-electron chi connectivity index (χ2n) is 1.56. The van der Waals surface area contributed by atoms with Gasteiger partial charge >= 0.3 is 0 Å². The van der Waals surface area contributed by atoms with Crippen LogP contribution in [0.3, 0.4) is 0 Å². The summed E-state index contributed by atoms with van der Waals surface area (Å²) in [5, 5.41) is -0.0890. The van der Waals surface area contributed by atoms with Gasteiger partial charge in [0.25, 0.3) is 0 Å². The summed E-state index contributed by atoms with van der Waals surface area (Å²) in [6, 6.07) is 0. The van der Waals surface area contributed by atoms with Crippen molar-refractivity contribution < 1.29 is 4.39 Å². The molecule has 0 aliphatic rings. The molecular weight excluding hydrogens is 178 g/mol. The van der Waals surface area contributed by atoms with E-state index in [1.165, 1.54) is 6.20 Å². The molecule has 0 radical (unpaired) electrons. The van der Waals surface area contributed by atoms with Gasteiger partial charge in [-0.2, -0.15) is 4.39 Å². The fourth-order valence-electron chi connectivity index (χ4n) is 0.444. The van der Waals surface area contributed by atoms with Crippen molar-refractivity contribution in [3.63, 3.8) is 0 Å². The van der Waals surface area contributed by atoms with Crippen molar-refractivity contribution in [1.82, 2.24) is 9.97 Å². The van der Waals surface area contributed by atoms with Crippen LogP contribution in [0.25, 0.3) is 0 Å². The van der Waals surface area contributed by atoms with Gasteiger partial charge in [0.1, 0.15) is 10.8 Å². The lowest BCUT2D eigenvalue weighted by Gasteiger charge is -1.93. The van der Waals surface area contributed by atoms with Crippen LogP contribution in [0.1, 0.15) is 5.82 Å². The van der Waals surface area contributed by atoms with Gasteiger partial charge in [-0.1, -0.05) is 11.6 Å². The third kappa shape index (κ3) is 1.55. The van der Waals surface area contributed by atoms with Gasteiger partial charge in [0.05, 0.1) is 12.1 Å². The smallest absolute Gasteiger partial charge is 0.235 e. The number of hydrogen-bond donors (Lipinski definition) is 0. The van der Waals surface area contributed by atoms with E-state index in [0.29, 0.717) is 0 Å². The Morgan fingerprint density at radius 2 is 2.30 bits per heavy atom. The summed E-state index contributed by atoms with van der Waals surface area (Å²) >= 11 is 10.6. The summed E-state index contributed by atoms with van der Waals surface area (Å²) in [4.78, 5) is 6.99. The van der Waals surface area contributed by atoms with Crippen LogP contribution in [0.2, 0.25) is 5.02 Å². The molecule has 0 aromatic carbocycles. The standard InChI is InChI=1S/C5H3Cl2FN2/c6-1-4-9-2-3(7)5(8)10-4/h2H,1H2. The van der Waals surface area contributed by atoms with Crippen molar-refractivity contribution in [1.29, 1.82) is 0 Å². The Hall–Kier alpha value is -0.410. The van der Waals surface area contributed by atoms with Gasteiger partial charge in [-0.3, -0.25) is 0 Å². The minimum Gasteiger partial charge on any atom is -0.238 e. The largest absolute Gasteiger partial charge is 0.238 e. The molecule has 0 bridgehead atoms. The molecule has 1 heterocycles. The fourth-order valence-corrected chi connectivity index (χ4v) is 0.664. The molecule has 10 heavy (non-hydrogen) atoms. The van der Waals surface area contributed by atoms with Crippen molar-refractivity contribution >= 4 is 23.2 Å². The van der Waals surface area contributed by atoms with Crippen LogP contribution in [0, 0.1) is 5.95 Å². The Balaban J connectivity index is 3.04. The molecule has 1 rings (SSSR count). The van der Waals surface area contributed by atoms with Crippen molar-refractivity contribution in [2.45, 2.75) is 5.88 Å². The molecule has 0 atom stereocenters. The van der Waals surface area contributed by atoms with Gasteiger partial charge in [-0.25, -0.2) is 9.97 Å². The van der Waals surface area contributed by atoms with E-state index in [2.05, 4.69) is 9.97 Å². The zero-order valence-electron chi connectivity index (χ0n) is 4.81. The van der Waals surface area contributed by atoms with Gasteiger partial charge < -0.3 is 0 Å². The molecule has 54 valence electrons. The average Bonchev–Trinajstić information content (AvgIpc) is 1.95. The number of halogens is 3. The Morgan fingerprint density at radius 1 is 1.60 bits per heavy atom. The van der Waals surface area contributed by atoms with Crippen LogP contribution in [-0.4, -0.2) is 9.97 Å². The lowest BCUT2D eigenvalue weighted by atomic mass is 10.6. The molecular formula is C5H3Cl2FN2. The van der Waals surface area contributed by atoms with E-state index in [4.69, 9.17) is 23.2 Å². The minimum absolute atomic E-state index is 0.0890. The highest BCUT2D eigenvalue weighted by Crippen LogP contribution is 2.09. The molecule has 0 saturated carbocycles. The zero-order valence-corrected chi connectivity index (χ0v) is 6.32. The third-order valence-electron chi connectivity index (χ3n) is 0.871. The van der Waals surface area contributed by atoms with E-state index in [1.54, 1.807) is 0 Å². The quantitative estimate of drug-likeness (QED) is 0.489. The van der Waals surface area contributed by atoms with Gasteiger partial charge in [0.2, 0.25) is 5.95 Å². The molecule has 1 aromatic heterocycles. The Kier molecular flexibility index (Phi) is 2.40. The molecule has 0 aliphatic heterocycles. The molecule has 1 aromatic rings. The zero-order chi connectivity index (χ0) is 7.56. The second-order valence-corrected chi connectivity index (χ2v) is 2.23. The molecule has 0 saturated heterocycles. The van der Waals surface area contributed by atoms with Crippen molar-refractivity contribution in [2.24, 2.45) is 0 Å². The Morgan fingerprint density at radius 3 is 2.80 bits per heavy atom. The van der Waals surface area contributed by atoms with Crippen molar-refractivity contribution in [2.75, 3.05) is 0 Å². The number of nitrogens with zero attached hydrogens (tertiary/aromatic N) is 2. The van der Waals surface area contributed by atoms with Gasteiger partial charge in [-0.15, -0.1) is 11.6 Å². The SMILES string of the molecule is Fc1nc(CCl)ncc1Cl. The van der Waals surface area contributed by atoms with Crippen LogP contribution >= 0.6 is 23.2 Å². The van der Waals surface area contributed by atoms with Gasteiger partial charge in [0.15, 0.2) is 0 Å². The summed E-state index contributed by atoms with van der Waals surface area (Å²) in [6.07, 6.45) is 1.18. The van der Waals surface area contributed by atoms with Crippen LogP contribution in [0.5, 0.6) is 0 Å². The highest BCUT2D eigenvalue weighted by Gasteiger charge is 2.01. The number of alkyl halides is 1. The molecule has 0 unspecified atom stereocenters. The first kappa shape index (κ1) is 7.69. The number of rotatable bonds is 1. The maximum atomic E-state index is 12.4. The molecule has 0 spiro atoms. The molecule has 2 nitrogen and oxygen atoms in total. The normalized spacial score (nSPS) is 9.90. The average molecular weight is 181 g/mol. The summed E-state index contributed by atoms with van der Waals surface area (Å²) in [6.45, 7) is 0. The summed E-state index contributed by atoms with van der Waals surface area (Å²) in [5.41, 5.74) is 0. The van der Waals surface area contributed by atoms with Crippen molar-refractivity contribution in [3.05, 3.63) is 23.0 Å². The fraction of sp³-hybridized carbons (Fsp3) is 0.200. The molecule has 0 amide bonds. The van der Waals surface area contributed by atoms with Crippen molar-refractivity contribution in [3.8, 4) is 0 Å². The summed E-state index contributed by atoms with van der Waals surface area (Å²) in [5.74, 6) is -0.399. The van der Waals surface area contributed by atoms with E-state index in [1.807, 2.05) is 0 Å². The van der Waals surface area contributed by atoms with E-state index < -0.39 is 5.95 Å². The first-order valence-electron chi connectivity index (χ1n) is 2.47.